The van der Waals surface area contributed by atoms with Crippen LogP contribution in [0.2, 0.25) is 0 Å². The lowest BCUT2D eigenvalue weighted by Gasteiger charge is -2.28. The van der Waals surface area contributed by atoms with Crippen molar-refractivity contribution in [3.63, 3.8) is 0 Å². The van der Waals surface area contributed by atoms with Crippen LogP contribution in [0.1, 0.15) is 6.42 Å². The third kappa shape index (κ3) is 4.30. The predicted molar refractivity (Wildman–Crippen MR) is 117 cm³/mol. The van der Waals surface area contributed by atoms with E-state index in [4.69, 9.17) is 4.74 Å². The first-order chi connectivity index (χ1) is 13.3. The molecule has 0 radical (unpaired) electrons. The Balaban J connectivity index is 2.26. The Hall–Kier alpha value is -2.83. The van der Waals surface area contributed by atoms with Gasteiger partial charge in [-0.25, -0.2) is 4.79 Å². The fourth-order valence-electron chi connectivity index (χ4n) is 3.10. The van der Waals surface area contributed by atoms with Crippen molar-refractivity contribution in [2.24, 2.45) is 0 Å². The molecule has 0 amide bonds. The zero-order valence-corrected chi connectivity index (χ0v) is 16.1. The number of carbonyl (C=O) groups is 1. The normalized spacial score (nSPS) is 10.8. The van der Waals surface area contributed by atoms with Gasteiger partial charge in [0.05, 0.1) is 6.61 Å². The Morgan fingerprint density at radius 3 is 1.56 bits per heavy atom. The van der Waals surface area contributed by atoms with E-state index in [0.717, 1.165) is 15.9 Å². The minimum atomic E-state index is -2.28. The van der Waals surface area contributed by atoms with Gasteiger partial charge in [-0.3, -0.25) is 0 Å². The van der Waals surface area contributed by atoms with Gasteiger partial charge in [-0.2, -0.15) is 0 Å². The first-order valence-corrected chi connectivity index (χ1v) is 10.8. The van der Waals surface area contributed by atoms with Crippen molar-refractivity contribution >= 4 is 34.6 Å². The number of hydrogen-bond donors (Lipinski definition) is 0. The van der Waals surface area contributed by atoms with Crippen LogP contribution in [0, 0.1) is 0 Å². The van der Waals surface area contributed by atoms with Crippen molar-refractivity contribution in [3.8, 4) is 0 Å². The maximum absolute atomic E-state index is 12.8. The molecule has 0 aromatic heterocycles. The van der Waals surface area contributed by atoms with Gasteiger partial charge in [-0.15, -0.1) is 6.58 Å². The summed E-state index contributed by atoms with van der Waals surface area (Å²) in [5, 5.41) is 3.38. The Bertz CT molecular complexity index is 828. The molecule has 0 aliphatic heterocycles. The molecule has 0 fully saturated rings. The van der Waals surface area contributed by atoms with Gasteiger partial charge >= 0.3 is 5.97 Å². The van der Waals surface area contributed by atoms with Crippen LogP contribution < -0.4 is 15.9 Å². The summed E-state index contributed by atoms with van der Waals surface area (Å²) >= 11 is 0. The smallest absolute Gasteiger partial charge is 0.331 e. The first-order valence-electron chi connectivity index (χ1n) is 8.96. The molecule has 0 aliphatic rings. The third-order valence-electron chi connectivity index (χ3n) is 4.36. The second kappa shape index (κ2) is 9.21. The molecule has 27 heavy (non-hydrogen) atoms. The highest BCUT2D eigenvalue weighted by molar-refractivity contribution is 7.95. The van der Waals surface area contributed by atoms with E-state index in [1.54, 1.807) is 11.9 Å². The molecule has 3 rings (SSSR count). The van der Waals surface area contributed by atoms with Crippen LogP contribution in [0.15, 0.2) is 104 Å². The summed E-state index contributed by atoms with van der Waals surface area (Å²) in [6, 6.07) is 30.7. The summed E-state index contributed by atoms with van der Waals surface area (Å²) in [5.74, 6) is 1.51. The Kier molecular flexibility index (Phi) is 6.46. The Labute approximate surface area is 161 Å². The minimum absolute atomic E-state index is 0.290. The quantitative estimate of drug-likeness (QED) is 0.271. The van der Waals surface area contributed by atoms with Gasteiger partial charge in [0, 0.05) is 5.80 Å². The highest BCUT2D eigenvalue weighted by Gasteiger charge is 2.26. The molecule has 0 bridgehead atoms. The van der Waals surface area contributed by atoms with Crippen molar-refractivity contribution in [2.75, 3.05) is 6.61 Å². The van der Waals surface area contributed by atoms with Gasteiger partial charge in [0.2, 0.25) is 0 Å². The number of esters is 1. The second-order valence-electron chi connectivity index (χ2n) is 6.10. The van der Waals surface area contributed by atoms with E-state index >= 15 is 0 Å². The van der Waals surface area contributed by atoms with Crippen LogP contribution in [0.3, 0.4) is 0 Å². The van der Waals surface area contributed by atoms with E-state index in [-0.39, 0.29) is 5.97 Å². The molecule has 0 saturated heterocycles. The van der Waals surface area contributed by atoms with Crippen LogP contribution in [0.4, 0.5) is 0 Å². The summed E-state index contributed by atoms with van der Waals surface area (Å²) in [4.78, 5) is 12.8. The number of benzene rings is 3. The van der Waals surface area contributed by atoms with Crippen LogP contribution in [-0.4, -0.2) is 18.4 Å². The lowest BCUT2D eigenvalue weighted by molar-refractivity contribution is -0.134. The molecule has 2 nitrogen and oxygen atoms in total. The maximum Gasteiger partial charge on any atom is 0.331 e. The monoisotopic (exact) mass is 374 g/mol. The van der Waals surface area contributed by atoms with Crippen LogP contribution in [0.5, 0.6) is 0 Å². The van der Waals surface area contributed by atoms with Gasteiger partial charge in [-0.05, 0) is 29.2 Å². The average molecular weight is 374 g/mol. The number of carbonyl (C=O) groups excluding carboxylic acids is 1. The van der Waals surface area contributed by atoms with E-state index in [1.165, 1.54) is 0 Å². The lowest BCUT2D eigenvalue weighted by Crippen LogP contribution is -2.29. The maximum atomic E-state index is 12.8. The summed E-state index contributed by atoms with van der Waals surface area (Å²) in [6.45, 7) is 1.74. The van der Waals surface area contributed by atoms with Gasteiger partial charge in [-0.1, -0.05) is 97.1 Å². The van der Waals surface area contributed by atoms with Gasteiger partial charge in [0.1, 0.15) is 0 Å². The fourth-order valence-corrected chi connectivity index (χ4v) is 6.76. The van der Waals surface area contributed by atoms with Crippen molar-refractivity contribution in [1.82, 2.24) is 0 Å². The molecule has 0 N–H and O–H groups in total. The van der Waals surface area contributed by atoms with E-state index in [2.05, 4.69) is 43.0 Å². The van der Waals surface area contributed by atoms with E-state index in [1.807, 2.05) is 54.6 Å². The molecule has 0 atom stereocenters. The van der Waals surface area contributed by atoms with Gasteiger partial charge in [0.15, 0.2) is 0 Å². The van der Waals surface area contributed by atoms with Gasteiger partial charge < -0.3 is 4.74 Å². The van der Waals surface area contributed by atoms with Crippen molar-refractivity contribution < 1.29 is 9.53 Å². The summed E-state index contributed by atoms with van der Waals surface area (Å²) in [7, 11) is 0. The SMILES string of the molecule is C=CCCOC(=O)C=P(c1ccccc1)(c1ccccc1)c1ccccc1. The molecule has 0 unspecified atom stereocenters. The highest BCUT2D eigenvalue weighted by Crippen LogP contribution is 2.43. The molecular weight excluding hydrogens is 351 g/mol. The zero-order chi connectivity index (χ0) is 19.0. The molecule has 0 spiro atoms. The molecule has 0 saturated carbocycles. The molecule has 3 aromatic rings. The number of hydrogen-bond acceptors (Lipinski definition) is 2. The summed E-state index contributed by atoms with van der Waals surface area (Å²) in [6.07, 6.45) is 2.40. The second-order valence-corrected chi connectivity index (χ2v) is 9.36. The standard InChI is InChI=1S/C24H23O2P/c1-2-3-19-26-24(25)20-27(21-13-7-4-8-14-21,22-15-9-5-10-16-22)23-17-11-6-12-18-23/h2,4-18,20H,1,3,19H2. The fraction of sp³-hybridized carbons (Fsp3) is 0.0833. The van der Waals surface area contributed by atoms with Crippen molar-refractivity contribution in [1.29, 1.82) is 0 Å². The van der Waals surface area contributed by atoms with Crippen molar-refractivity contribution in [2.45, 2.75) is 6.42 Å². The molecular formula is C24H23O2P. The molecule has 0 aliphatic carbocycles. The minimum Gasteiger partial charge on any atom is -0.462 e. The van der Waals surface area contributed by atoms with Gasteiger partial charge in [0.25, 0.3) is 0 Å². The topological polar surface area (TPSA) is 26.3 Å². The third-order valence-corrected chi connectivity index (χ3v) is 8.29. The van der Waals surface area contributed by atoms with Crippen LogP contribution >= 0.6 is 6.89 Å². The molecule has 0 heterocycles. The number of ether oxygens (including phenoxy) is 1. The predicted octanol–water partition coefficient (Wildman–Crippen LogP) is 3.90. The van der Waals surface area contributed by atoms with Crippen molar-refractivity contribution in [3.05, 3.63) is 104 Å². The number of rotatable bonds is 7. The Morgan fingerprint density at radius 1 is 0.778 bits per heavy atom. The zero-order valence-electron chi connectivity index (χ0n) is 15.2. The molecule has 3 aromatic carbocycles. The van der Waals surface area contributed by atoms with E-state index in [0.29, 0.717) is 13.0 Å². The highest BCUT2D eigenvalue weighted by atomic mass is 31.2. The summed E-state index contributed by atoms with van der Waals surface area (Å²) in [5.41, 5.74) is 0. The van der Waals surface area contributed by atoms with Crippen LogP contribution in [0.25, 0.3) is 0 Å². The lowest BCUT2D eigenvalue weighted by atomic mass is 10.4. The van der Waals surface area contributed by atoms with Crippen LogP contribution in [-0.2, 0) is 9.53 Å². The largest absolute Gasteiger partial charge is 0.462 e. The molecule has 136 valence electrons. The Morgan fingerprint density at radius 2 is 1.19 bits per heavy atom. The van der Waals surface area contributed by atoms with E-state index < -0.39 is 6.89 Å². The molecule has 3 heteroatoms. The average Bonchev–Trinajstić information content (AvgIpc) is 2.74. The van der Waals surface area contributed by atoms with E-state index in [9.17, 15) is 4.79 Å². The summed E-state index contributed by atoms with van der Waals surface area (Å²) < 4.78 is 5.46. The first kappa shape index (κ1) is 18.9.